The maximum Gasteiger partial charge on any atom is 0.247 e. The molecule has 1 aromatic rings. The molecule has 0 saturated carbocycles. The van der Waals surface area contributed by atoms with Crippen molar-refractivity contribution in [2.75, 3.05) is 13.2 Å². The second-order valence-corrected chi connectivity index (χ2v) is 5.28. The Bertz CT molecular complexity index is 326. The standard InChI is InChI=1S/C16H31N2O2/c1-3-5-7-8-9-13-20-16-18-11-10-17(14-18)15-19-12-6-4-2/h10-11,14H,3-9,12-13,15-16H2,1-2H3/q+1. The third kappa shape index (κ3) is 8.33. The van der Waals surface area contributed by atoms with Crippen molar-refractivity contribution in [2.45, 2.75) is 72.3 Å². The van der Waals surface area contributed by atoms with E-state index in [4.69, 9.17) is 9.47 Å². The molecule has 0 amide bonds. The molecule has 0 unspecified atom stereocenters. The van der Waals surface area contributed by atoms with Crippen molar-refractivity contribution < 1.29 is 14.0 Å². The van der Waals surface area contributed by atoms with Gasteiger partial charge in [0.05, 0.1) is 13.2 Å². The summed E-state index contributed by atoms with van der Waals surface area (Å²) in [6.45, 7) is 7.37. The summed E-state index contributed by atoms with van der Waals surface area (Å²) in [6, 6.07) is 0. The number of hydrogen-bond donors (Lipinski definition) is 0. The molecule has 0 fully saturated rings. The first-order chi connectivity index (χ1) is 9.86. The Morgan fingerprint density at radius 3 is 2.45 bits per heavy atom. The number of ether oxygens (including phenoxy) is 2. The Balaban J connectivity index is 2.02. The van der Waals surface area contributed by atoms with Crippen LogP contribution in [-0.4, -0.2) is 17.8 Å². The molecule has 4 nitrogen and oxygen atoms in total. The van der Waals surface area contributed by atoms with Crippen molar-refractivity contribution in [2.24, 2.45) is 0 Å². The van der Waals surface area contributed by atoms with Crippen molar-refractivity contribution in [3.8, 4) is 0 Å². The monoisotopic (exact) mass is 283 g/mol. The van der Waals surface area contributed by atoms with Crippen LogP contribution >= 0.6 is 0 Å². The van der Waals surface area contributed by atoms with Gasteiger partial charge in [0.15, 0.2) is 13.5 Å². The van der Waals surface area contributed by atoms with Gasteiger partial charge >= 0.3 is 0 Å². The first-order valence-corrected chi connectivity index (χ1v) is 8.07. The highest BCUT2D eigenvalue weighted by Gasteiger charge is 2.03. The van der Waals surface area contributed by atoms with E-state index in [1.807, 2.05) is 23.3 Å². The van der Waals surface area contributed by atoms with Crippen LogP contribution in [0.1, 0.15) is 58.8 Å². The Morgan fingerprint density at radius 2 is 1.65 bits per heavy atom. The van der Waals surface area contributed by atoms with Gasteiger partial charge in [0.25, 0.3) is 0 Å². The van der Waals surface area contributed by atoms with Gasteiger partial charge in [-0.3, -0.25) is 0 Å². The van der Waals surface area contributed by atoms with E-state index in [1.165, 1.54) is 38.5 Å². The van der Waals surface area contributed by atoms with Crippen LogP contribution in [0.4, 0.5) is 0 Å². The fraction of sp³-hybridized carbons (Fsp3) is 0.812. The lowest BCUT2D eigenvalue weighted by molar-refractivity contribution is -0.732. The molecule has 1 aromatic heterocycles. The molecule has 0 saturated heterocycles. The van der Waals surface area contributed by atoms with E-state index >= 15 is 0 Å². The highest BCUT2D eigenvalue weighted by molar-refractivity contribution is 4.63. The van der Waals surface area contributed by atoms with E-state index < -0.39 is 0 Å². The average molecular weight is 283 g/mol. The minimum Gasteiger partial charge on any atom is -0.342 e. The van der Waals surface area contributed by atoms with Crippen LogP contribution in [0.3, 0.4) is 0 Å². The fourth-order valence-electron chi connectivity index (χ4n) is 1.99. The number of hydrogen-bond acceptors (Lipinski definition) is 2. The fourth-order valence-corrected chi connectivity index (χ4v) is 1.99. The summed E-state index contributed by atoms with van der Waals surface area (Å²) in [6.07, 6.45) is 14.8. The van der Waals surface area contributed by atoms with E-state index in [1.54, 1.807) is 0 Å². The van der Waals surface area contributed by atoms with Crippen molar-refractivity contribution in [3.63, 3.8) is 0 Å². The minimum atomic E-state index is 0.629. The topological polar surface area (TPSA) is 27.3 Å². The SMILES string of the molecule is CCCCCCCOCn1cc[n+](COCCCC)c1. The van der Waals surface area contributed by atoms with Crippen LogP contribution in [0.5, 0.6) is 0 Å². The Labute approximate surface area is 123 Å². The molecule has 0 spiro atoms. The second-order valence-electron chi connectivity index (χ2n) is 5.28. The van der Waals surface area contributed by atoms with E-state index in [2.05, 4.69) is 18.4 Å². The highest BCUT2D eigenvalue weighted by Crippen LogP contribution is 2.02. The lowest BCUT2D eigenvalue weighted by Gasteiger charge is -2.01. The van der Waals surface area contributed by atoms with Crippen LogP contribution in [-0.2, 0) is 22.9 Å². The number of imidazole rings is 1. The molecule has 1 heterocycles. The predicted octanol–water partition coefficient (Wildman–Crippen LogP) is 3.49. The van der Waals surface area contributed by atoms with Crippen molar-refractivity contribution in [1.82, 2.24) is 4.57 Å². The maximum atomic E-state index is 5.67. The van der Waals surface area contributed by atoms with E-state index in [-0.39, 0.29) is 0 Å². The molecule has 0 aliphatic carbocycles. The van der Waals surface area contributed by atoms with E-state index in [0.717, 1.165) is 19.6 Å². The van der Waals surface area contributed by atoms with Gasteiger partial charge in [0.2, 0.25) is 6.33 Å². The molecule has 0 aliphatic heterocycles. The van der Waals surface area contributed by atoms with Crippen LogP contribution in [0.15, 0.2) is 18.7 Å². The van der Waals surface area contributed by atoms with Gasteiger partial charge in [0, 0.05) is 0 Å². The van der Waals surface area contributed by atoms with E-state index in [0.29, 0.717) is 13.5 Å². The zero-order valence-electron chi connectivity index (χ0n) is 13.2. The van der Waals surface area contributed by atoms with Crippen molar-refractivity contribution in [1.29, 1.82) is 0 Å². The number of unbranched alkanes of at least 4 members (excludes halogenated alkanes) is 5. The first-order valence-electron chi connectivity index (χ1n) is 8.07. The third-order valence-electron chi connectivity index (χ3n) is 3.26. The van der Waals surface area contributed by atoms with Crippen molar-refractivity contribution >= 4 is 0 Å². The third-order valence-corrected chi connectivity index (χ3v) is 3.26. The first kappa shape index (κ1) is 17.2. The summed E-state index contributed by atoms with van der Waals surface area (Å²) in [5, 5.41) is 0. The summed E-state index contributed by atoms with van der Waals surface area (Å²) < 4.78 is 15.3. The molecule has 4 heteroatoms. The maximum absolute atomic E-state index is 5.67. The lowest BCUT2D eigenvalue weighted by Crippen LogP contribution is -2.32. The highest BCUT2D eigenvalue weighted by atomic mass is 16.5. The van der Waals surface area contributed by atoms with Gasteiger partial charge < -0.3 is 9.47 Å². The molecule has 0 atom stereocenters. The van der Waals surface area contributed by atoms with Crippen LogP contribution in [0.25, 0.3) is 0 Å². The number of aromatic nitrogens is 2. The molecular weight excluding hydrogens is 252 g/mol. The molecular formula is C16H31N2O2+. The van der Waals surface area contributed by atoms with Gasteiger partial charge in [-0.1, -0.05) is 46.0 Å². The van der Waals surface area contributed by atoms with Gasteiger partial charge in [-0.2, -0.15) is 0 Å². The second kappa shape index (κ2) is 11.9. The summed E-state index contributed by atoms with van der Waals surface area (Å²) in [5.41, 5.74) is 0. The number of rotatable bonds is 13. The summed E-state index contributed by atoms with van der Waals surface area (Å²) in [4.78, 5) is 0. The molecule has 0 radical (unpaired) electrons. The molecule has 0 bridgehead atoms. The lowest BCUT2D eigenvalue weighted by atomic mass is 10.2. The molecule has 116 valence electrons. The Morgan fingerprint density at radius 1 is 0.900 bits per heavy atom. The molecule has 0 aliphatic rings. The average Bonchev–Trinajstić information content (AvgIpc) is 2.90. The van der Waals surface area contributed by atoms with Crippen LogP contribution < -0.4 is 4.57 Å². The quantitative estimate of drug-likeness (QED) is 0.409. The Kier molecular flexibility index (Phi) is 10.2. The predicted molar refractivity (Wildman–Crippen MR) is 80.2 cm³/mol. The van der Waals surface area contributed by atoms with Gasteiger partial charge in [-0.25, -0.2) is 9.13 Å². The summed E-state index contributed by atoms with van der Waals surface area (Å²) >= 11 is 0. The number of nitrogens with zero attached hydrogens (tertiary/aromatic N) is 2. The smallest absolute Gasteiger partial charge is 0.247 e. The summed E-state index contributed by atoms with van der Waals surface area (Å²) in [7, 11) is 0. The normalized spacial score (nSPS) is 11.1. The van der Waals surface area contributed by atoms with Crippen molar-refractivity contribution in [3.05, 3.63) is 18.7 Å². The molecule has 20 heavy (non-hydrogen) atoms. The Hall–Kier alpha value is -0.870. The molecule has 1 rings (SSSR count). The molecule has 0 aromatic carbocycles. The van der Waals surface area contributed by atoms with Gasteiger partial charge in [-0.05, 0) is 12.8 Å². The zero-order valence-corrected chi connectivity index (χ0v) is 13.2. The van der Waals surface area contributed by atoms with Crippen LogP contribution in [0, 0.1) is 0 Å². The zero-order chi connectivity index (χ0) is 14.5. The van der Waals surface area contributed by atoms with Gasteiger partial charge in [-0.15, -0.1) is 0 Å². The largest absolute Gasteiger partial charge is 0.342 e. The van der Waals surface area contributed by atoms with Crippen LogP contribution in [0.2, 0.25) is 0 Å². The molecule has 0 N–H and O–H groups in total. The summed E-state index contributed by atoms with van der Waals surface area (Å²) in [5.74, 6) is 0. The van der Waals surface area contributed by atoms with Gasteiger partial charge in [0.1, 0.15) is 12.4 Å². The minimum absolute atomic E-state index is 0.629. The van der Waals surface area contributed by atoms with E-state index in [9.17, 15) is 0 Å².